The molecule has 0 unspecified atom stereocenters. The van der Waals surface area contributed by atoms with Crippen LogP contribution in [0.5, 0.6) is 5.75 Å². The first-order valence-corrected chi connectivity index (χ1v) is 17.4. The fraction of sp³-hybridized carbons (Fsp3) is 0.382. The van der Waals surface area contributed by atoms with Crippen LogP contribution >= 0.6 is 0 Å². The second kappa shape index (κ2) is 12.8. The Labute approximate surface area is 249 Å². The third kappa shape index (κ3) is 7.31. The Balaban J connectivity index is 1.52. The predicted octanol–water partition coefficient (Wildman–Crippen LogP) is 6.87. The average molecular weight is 589 g/mol. The molecule has 0 aliphatic heterocycles. The van der Waals surface area contributed by atoms with E-state index in [0.717, 1.165) is 34.0 Å². The molecule has 8 heteroatoms. The number of hydrogen-bond donors (Lipinski definition) is 4. The molecule has 0 aliphatic carbocycles. The molecule has 1 aromatic heterocycles. The van der Waals surface area contributed by atoms with Crippen molar-refractivity contribution in [3.05, 3.63) is 101 Å². The highest BCUT2D eigenvalue weighted by Gasteiger charge is 2.39. The zero-order valence-electron chi connectivity index (χ0n) is 25.5. The summed E-state index contributed by atoms with van der Waals surface area (Å²) < 4.78 is 8.69. The van der Waals surface area contributed by atoms with Crippen LogP contribution in [-0.4, -0.2) is 46.8 Å². The second-order valence-corrected chi connectivity index (χ2v) is 17.5. The number of nitrogens with one attached hydrogen (secondary N) is 1. The topological polar surface area (TPSA) is 104 Å². The van der Waals surface area contributed by atoms with Gasteiger partial charge in [-0.05, 0) is 78.5 Å². The molecule has 4 rings (SSSR count). The molecule has 224 valence electrons. The monoisotopic (exact) mass is 588 g/mol. The second-order valence-electron chi connectivity index (χ2n) is 12.7. The predicted molar refractivity (Wildman–Crippen MR) is 171 cm³/mol. The van der Waals surface area contributed by atoms with Crippen molar-refractivity contribution in [2.24, 2.45) is 0 Å². The standard InChI is InChI=1S/C34H44N2O5Si/c1-23(35-20-32(41-42(5,6)34(2,3)4)26-13-15-31(38)28(18-26)22-37)16-25-12-14-29-27(17-25)19-30(33(39)40)36(29)21-24-10-8-7-9-11-24/h7-15,17-19,23,32,35,37-38H,16,20-22H2,1-6H3,(H,39,40)/t23-,32-/m1/s1. The van der Waals surface area contributed by atoms with E-state index in [1.807, 2.05) is 53.1 Å². The molecule has 42 heavy (non-hydrogen) atoms. The number of aromatic carboxylic acids is 1. The lowest BCUT2D eigenvalue weighted by molar-refractivity contribution is 0.0686. The number of carbonyl (C=O) groups is 1. The maximum atomic E-state index is 12.1. The number of phenols is 1. The van der Waals surface area contributed by atoms with Crippen LogP contribution < -0.4 is 5.32 Å². The highest BCUT2D eigenvalue weighted by Crippen LogP contribution is 2.40. The first kappa shape index (κ1) is 31.5. The molecule has 4 aromatic rings. The molecule has 0 amide bonds. The van der Waals surface area contributed by atoms with Gasteiger partial charge in [0.15, 0.2) is 8.32 Å². The molecule has 4 N–H and O–H groups in total. The van der Waals surface area contributed by atoms with E-state index >= 15 is 0 Å². The minimum atomic E-state index is -2.12. The van der Waals surface area contributed by atoms with Gasteiger partial charge in [0, 0.05) is 35.6 Å². The van der Waals surface area contributed by atoms with Crippen LogP contribution in [0.3, 0.4) is 0 Å². The van der Waals surface area contributed by atoms with E-state index in [4.69, 9.17) is 4.43 Å². The maximum absolute atomic E-state index is 12.1. The van der Waals surface area contributed by atoms with Gasteiger partial charge in [-0.1, -0.05) is 63.2 Å². The van der Waals surface area contributed by atoms with E-state index in [-0.39, 0.29) is 35.2 Å². The summed E-state index contributed by atoms with van der Waals surface area (Å²) in [6, 6.07) is 23.3. The number of aliphatic hydroxyl groups is 1. The first-order valence-electron chi connectivity index (χ1n) is 14.5. The normalized spacial score (nSPS) is 13.8. The van der Waals surface area contributed by atoms with Crippen molar-refractivity contribution < 1.29 is 24.5 Å². The van der Waals surface area contributed by atoms with Crippen LogP contribution in [0.1, 0.15) is 66.5 Å². The van der Waals surface area contributed by atoms with E-state index < -0.39 is 14.3 Å². The van der Waals surface area contributed by atoms with Crippen molar-refractivity contribution in [1.82, 2.24) is 9.88 Å². The van der Waals surface area contributed by atoms with Gasteiger partial charge in [0.2, 0.25) is 0 Å². The Morgan fingerprint density at radius 2 is 1.71 bits per heavy atom. The van der Waals surface area contributed by atoms with Crippen molar-refractivity contribution in [2.75, 3.05) is 6.54 Å². The number of fused-ring (bicyclic) bond motifs is 1. The minimum absolute atomic E-state index is 0.0225. The number of aromatic hydroxyl groups is 1. The highest BCUT2D eigenvalue weighted by molar-refractivity contribution is 6.74. The van der Waals surface area contributed by atoms with E-state index in [9.17, 15) is 20.1 Å². The molecule has 0 saturated heterocycles. The number of benzene rings is 3. The van der Waals surface area contributed by atoms with Gasteiger partial charge >= 0.3 is 5.97 Å². The minimum Gasteiger partial charge on any atom is -0.508 e. The van der Waals surface area contributed by atoms with E-state index in [1.165, 1.54) is 0 Å². The fourth-order valence-corrected chi connectivity index (χ4v) is 6.27. The third-order valence-electron chi connectivity index (χ3n) is 8.45. The van der Waals surface area contributed by atoms with E-state index in [1.54, 1.807) is 12.1 Å². The zero-order chi connectivity index (χ0) is 30.7. The highest BCUT2D eigenvalue weighted by atomic mass is 28.4. The third-order valence-corrected chi connectivity index (χ3v) is 12.9. The number of aromatic nitrogens is 1. The summed E-state index contributed by atoms with van der Waals surface area (Å²) in [5.41, 5.74) is 4.75. The van der Waals surface area contributed by atoms with Crippen LogP contribution in [-0.2, 0) is 24.0 Å². The van der Waals surface area contributed by atoms with Crippen LogP contribution in [0, 0.1) is 0 Å². The average Bonchev–Trinajstić information content (AvgIpc) is 3.29. The van der Waals surface area contributed by atoms with Gasteiger partial charge in [0.05, 0.1) is 12.7 Å². The van der Waals surface area contributed by atoms with Gasteiger partial charge in [-0.15, -0.1) is 0 Å². The molecule has 3 aromatic carbocycles. The quantitative estimate of drug-likeness (QED) is 0.135. The molecule has 7 nitrogen and oxygen atoms in total. The lowest BCUT2D eigenvalue weighted by atomic mass is 10.0. The molecule has 1 heterocycles. The number of aliphatic hydroxyl groups excluding tert-OH is 1. The molecular formula is C34H44N2O5Si. The Morgan fingerprint density at radius 3 is 2.36 bits per heavy atom. The number of nitrogens with zero attached hydrogens (tertiary/aromatic N) is 1. The molecule has 0 fully saturated rings. The molecule has 0 radical (unpaired) electrons. The molecule has 0 bridgehead atoms. The zero-order valence-corrected chi connectivity index (χ0v) is 26.5. The smallest absolute Gasteiger partial charge is 0.352 e. The largest absolute Gasteiger partial charge is 0.508 e. The van der Waals surface area contributed by atoms with Crippen molar-refractivity contribution in [2.45, 2.75) is 77.5 Å². The summed E-state index contributed by atoms with van der Waals surface area (Å²) in [4.78, 5) is 12.1. The summed E-state index contributed by atoms with van der Waals surface area (Å²) in [5.74, 6) is -0.863. The van der Waals surface area contributed by atoms with Gasteiger partial charge in [0.1, 0.15) is 11.4 Å². The molecule has 0 spiro atoms. The van der Waals surface area contributed by atoms with Crippen LogP contribution in [0.2, 0.25) is 18.1 Å². The Bertz CT molecular complexity index is 1520. The van der Waals surface area contributed by atoms with Crippen molar-refractivity contribution in [1.29, 1.82) is 0 Å². The summed E-state index contributed by atoms with van der Waals surface area (Å²) >= 11 is 0. The number of carboxylic acid groups (broad SMARTS) is 1. The van der Waals surface area contributed by atoms with E-state index in [2.05, 4.69) is 58.2 Å². The fourth-order valence-electron chi connectivity index (χ4n) is 4.99. The van der Waals surface area contributed by atoms with Gasteiger partial charge < -0.3 is 29.6 Å². The van der Waals surface area contributed by atoms with Crippen molar-refractivity contribution in [3.63, 3.8) is 0 Å². The molecule has 0 aliphatic rings. The molecule has 2 atom stereocenters. The molecule has 0 saturated carbocycles. The van der Waals surface area contributed by atoms with Crippen LogP contribution in [0.15, 0.2) is 72.8 Å². The van der Waals surface area contributed by atoms with Gasteiger partial charge in [-0.25, -0.2) is 4.79 Å². The van der Waals surface area contributed by atoms with Gasteiger partial charge in [0.25, 0.3) is 0 Å². The molecular weight excluding hydrogens is 544 g/mol. The van der Waals surface area contributed by atoms with Crippen LogP contribution in [0.25, 0.3) is 10.9 Å². The summed E-state index contributed by atoms with van der Waals surface area (Å²) in [6.07, 6.45) is 0.513. The summed E-state index contributed by atoms with van der Waals surface area (Å²) in [5, 5.41) is 34.3. The van der Waals surface area contributed by atoms with Gasteiger partial charge in [-0.2, -0.15) is 0 Å². The number of rotatable bonds is 12. The first-order chi connectivity index (χ1) is 19.8. The Morgan fingerprint density at radius 1 is 1.00 bits per heavy atom. The van der Waals surface area contributed by atoms with Crippen molar-refractivity contribution >= 4 is 25.2 Å². The number of carboxylic acids is 1. The lowest BCUT2D eigenvalue weighted by Gasteiger charge is -2.40. The Kier molecular flexibility index (Phi) is 9.62. The summed E-state index contributed by atoms with van der Waals surface area (Å²) in [6.45, 7) is 14.0. The maximum Gasteiger partial charge on any atom is 0.352 e. The van der Waals surface area contributed by atoms with E-state index in [0.29, 0.717) is 18.7 Å². The van der Waals surface area contributed by atoms with Crippen LogP contribution in [0.4, 0.5) is 0 Å². The Hall–Kier alpha value is -3.43. The lowest BCUT2D eigenvalue weighted by Crippen LogP contribution is -2.44. The number of hydrogen-bond acceptors (Lipinski definition) is 5. The summed E-state index contributed by atoms with van der Waals surface area (Å²) in [7, 11) is -2.12. The van der Waals surface area contributed by atoms with Gasteiger partial charge in [-0.3, -0.25) is 0 Å². The SMILES string of the molecule is C[C@H](Cc1ccc2c(c1)cc(C(=O)O)n2Cc1ccccc1)NC[C@@H](O[Si](C)(C)C(C)(C)C)c1ccc(O)c(CO)c1. The van der Waals surface area contributed by atoms with Crippen molar-refractivity contribution in [3.8, 4) is 5.75 Å².